The van der Waals surface area contributed by atoms with Crippen LogP contribution in [0.15, 0.2) is 16.6 Å². The van der Waals surface area contributed by atoms with Gasteiger partial charge in [-0.3, -0.25) is 11.3 Å². The van der Waals surface area contributed by atoms with Crippen LogP contribution in [0.1, 0.15) is 49.7 Å². The van der Waals surface area contributed by atoms with Crippen molar-refractivity contribution in [2.24, 2.45) is 11.8 Å². The number of hydrazine groups is 1. The van der Waals surface area contributed by atoms with Crippen LogP contribution in [-0.2, 0) is 12.8 Å². The van der Waals surface area contributed by atoms with E-state index in [1.54, 1.807) is 0 Å². The standard InChI is InChI=1S/C17H25BrN2O/c18-15-9-13-7-8-21-17(13)14(10-15)11-16(20-19)6-5-12-3-1-2-4-12/h9-10,12,16,20H,1-8,11,19H2. The van der Waals surface area contributed by atoms with E-state index in [9.17, 15) is 0 Å². The molecule has 116 valence electrons. The number of hydrogen-bond donors (Lipinski definition) is 2. The molecule has 3 nitrogen and oxygen atoms in total. The fraction of sp³-hybridized carbons (Fsp3) is 0.647. The van der Waals surface area contributed by atoms with Gasteiger partial charge in [0.05, 0.1) is 6.61 Å². The third-order valence-corrected chi connectivity index (χ3v) is 5.38. The van der Waals surface area contributed by atoms with Crippen LogP contribution < -0.4 is 16.0 Å². The monoisotopic (exact) mass is 352 g/mol. The van der Waals surface area contributed by atoms with Crippen molar-refractivity contribution in [1.29, 1.82) is 0 Å². The number of nitrogens with one attached hydrogen (secondary N) is 1. The maximum absolute atomic E-state index is 5.82. The van der Waals surface area contributed by atoms with Gasteiger partial charge in [0.25, 0.3) is 0 Å². The smallest absolute Gasteiger partial charge is 0.125 e. The molecule has 0 aromatic heterocycles. The van der Waals surface area contributed by atoms with Crippen molar-refractivity contribution in [1.82, 2.24) is 5.43 Å². The quantitative estimate of drug-likeness (QED) is 0.605. The van der Waals surface area contributed by atoms with Crippen LogP contribution in [-0.4, -0.2) is 12.6 Å². The Morgan fingerprint density at radius 1 is 1.33 bits per heavy atom. The summed E-state index contributed by atoms with van der Waals surface area (Å²) in [6, 6.07) is 4.70. The van der Waals surface area contributed by atoms with Crippen molar-refractivity contribution < 1.29 is 4.74 Å². The number of rotatable bonds is 6. The highest BCUT2D eigenvalue weighted by atomic mass is 79.9. The lowest BCUT2D eigenvalue weighted by Gasteiger charge is -2.19. The largest absolute Gasteiger partial charge is 0.493 e. The number of nitrogens with two attached hydrogens (primary N) is 1. The van der Waals surface area contributed by atoms with E-state index in [0.717, 1.165) is 42.0 Å². The Morgan fingerprint density at radius 3 is 2.90 bits per heavy atom. The van der Waals surface area contributed by atoms with Crippen LogP contribution in [0.2, 0.25) is 0 Å². The minimum atomic E-state index is 0.341. The topological polar surface area (TPSA) is 47.3 Å². The first kappa shape index (κ1) is 15.3. The SMILES string of the molecule is NNC(CCC1CCCC1)Cc1cc(Br)cc2c1OCC2. The van der Waals surface area contributed by atoms with Crippen LogP contribution in [0.3, 0.4) is 0 Å². The van der Waals surface area contributed by atoms with Gasteiger partial charge in [-0.25, -0.2) is 0 Å². The summed E-state index contributed by atoms with van der Waals surface area (Å²) in [5.74, 6) is 7.80. The first-order chi connectivity index (χ1) is 10.3. The average Bonchev–Trinajstić information content (AvgIpc) is 3.13. The average molecular weight is 353 g/mol. The summed E-state index contributed by atoms with van der Waals surface area (Å²) in [5, 5.41) is 0. The molecule has 0 saturated heterocycles. The van der Waals surface area contributed by atoms with Gasteiger partial charge in [0.1, 0.15) is 5.75 Å². The zero-order valence-corrected chi connectivity index (χ0v) is 14.1. The summed E-state index contributed by atoms with van der Waals surface area (Å²) in [4.78, 5) is 0. The van der Waals surface area contributed by atoms with Crippen LogP contribution in [0.25, 0.3) is 0 Å². The lowest BCUT2D eigenvalue weighted by atomic mass is 9.94. The van der Waals surface area contributed by atoms with Gasteiger partial charge in [-0.1, -0.05) is 41.6 Å². The Balaban J connectivity index is 1.63. The third-order valence-electron chi connectivity index (χ3n) is 4.93. The fourth-order valence-corrected chi connectivity index (χ4v) is 4.30. The molecule has 1 aliphatic heterocycles. The molecule has 1 unspecified atom stereocenters. The van der Waals surface area contributed by atoms with E-state index in [1.165, 1.54) is 43.2 Å². The number of benzene rings is 1. The summed E-state index contributed by atoms with van der Waals surface area (Å²) in [6.45, 7) is 0.807. The number of fused-ring (bicyclic) bond motifs is 1. The van der Waals surface area contributed by atoms with Crippen LogP contribution in [0.4, 0.5) is 0 Å². The second-order valence-corrected chi connectivity index (χ2v) is 7.36. The predicted molar refractivity (Wildman–Crippen MR) is 89.3 cm³/mol. The number of ether oxygens (including phenoxy) is 1. The Bertz CT molecular complexity index is 486. The van der Waals surface area contributed by atoms with Crippen molar-refractivity contribution in [3.8, 4) is 5.75 Å². The van der Waals surface area contributed by atoms with Gasteiger partial charge >= 0.3 is 0 Å². The zero-order valence-electron chi connectivity index (χ0n) is 12.5. The maximum Gasteiger partial charge on any atom is 0.125 e. The van der Waals surface area contributed by atoms with Crippen LogP contribution in [0.5, 0.6) is 5.75 Å². The first-order valence-corrected chi connectivity index (χ1v) is 8.96. The van der Waals surface area contributed by atoms with Gasteiger partial charge in [-0.15, -0.1) is 0 Å². The number of halogens is 1. The second-order valence-electron chi connectivity index (χ2n) is 6.45. The molecule has 1 fully saturated rings. The highest BCUT2D eigenvalue weighted by Gasteiger charge is 2.21. The molecule has 1 aromatic carbocycles. The van der Waals surface area contributed by atoms with Crippen molar-refractivity contribution in [2.75, 3.05) is 6.61 Å². The molecule has 0 radical (unpaired) electrons. The van der Waals surface area contributed by atoms with Crippen LogP contribution in [0, 0.1) is 5.92 Å². The van der Waals surface area contributed by atoms with E-state index >= 15 is 0 Å². The summed E-state index contributed by atoms with van der Waals surface area (Å²) in [6.07, 6.45) is 10.1. The van der Waals surface area contributed by atoms with E-state index in [1.807, 2.05) is 0 Å². The maximum atomic E-state index is 5.82. The van der Waals surface area contributed by atoms with Crippen LogP contribution >= 0.6 is 15.9 Å². The van der Waals surface area contributed by atoms with E-state index in [4.69, 9.17) is 10.6 Å². The fourth-order valence-electron chi connectivity index (χ4n) is 3.74. The first-order valence-electron chi connectivity index (χ1n) is 8.16. The highest BCUT2D eigenvalue weighted by molar-refractivity contribution is 9.10. The molecule has 0 spiro atoms. The molecule has 3 N–H and O–H groups in total. The van der Waals surface area contributed by atoms with Crippen molar-refractivity contribution >= 4 is 15.9 Å². The van der Waals surface area contributed by atoms with Gasteiger partial charge in [-0.05, 0) is 48.4 Å². The molecule has 4 heteroatoms. The van der Waals surface area contributed by atoms with Gasteiger partial charge in [0.2, 0.25) is 0 Å². The highest BCUT2D eigenvalue weighted by Crippen LogP contribution is 2.34. The molecule has 3 rings (SSSR count). The minimum Gasteiger partial charge on any atom is -0.493 e. The minimum absolute atomic E-state index is 0.341. The molecule has 2 aliphatic rings. The lowest BCUT2D eigenvalue weighted by molar-refractivity contribution is 0.349. The Morgan fingerprint density at radius 2 is 2.14 bits per heavy atom. The Kier molecular flexibility index (Phi) is 5.19. The van der Waals surface area contributed by atoms with Gasteiger partial charge in [0.15, 0.2) is 0 Å². The molecule has 0 amide bonds. The van der Waals surface area contributed by atoms with Gasteiger partial charge in [0, 0.05) is 16.9 Å². The molecule has 1 heterocycles. The summed E-state index contributed by atoms with van der Waals surface area (Å²) < 4.78 is 6.97. The Hall–Kier alpha value is -0.580. The second kappa shape index (κ2) is 7.12. The lowest BCUT2D eigenvalue weighted by Crippen LogP contribution is -2.37. The van der Waals surface area contributed by atoms with Crippen molar-refractivity contribution in [3.63, 3.8) is 0 Å². The number of hydrogen-bond acceptors (Lipinski definition) is 3. The van der Waals surface area contributed by atoms with Crippen molar-refractivity contribution in [3.05, 3.63) is 27.7 Å². The van der Waals surface area contributed by atoms with E-state index in [0.29, 0.717) is 6.04 Å². The van der Waals surface area contributed by atoms with E-state index in [2.05, 4.69) is 33.5 Å². The van der Waals surface area contributed by atoms with Gasteiger partial charge < -0.3 is 4.74 Å². The summed E-state index contributed by atoms with van der Waals surface area (Å²) in [7, 11) is 0. The van der Waals surface area contributed by atoms with E-state index in [-0.39, 0.29) is 0 Å². The molecular formula is C17H25BrN2O. The third kappa shape index (κ3) is 3.79. The summed E-state index contributed by atoms with van der Waals surface area (Å²) >= 11 is 3.61. The normalized spacial score (nSPS) is 19.5. The zero-order chi connectivity index (χ0) is 14.7. The van der Waals surface area contributed by atoms with Crippen molar-refractivity contribution in [2.45, 2.75) is 57.4 Å². The molecule has 1 aliphatic carbocycles. The van der Waals surface area contributed by atoms with E-state index < -0.39 is 0 Å². The molecule has 21 heavy (non-hydrogen) atoms. The van der Waals surface area contributed by atoms with Gasteiger partial charge in [-0.2, -0.15) is 0 Å². The molecule has 1 aromatic rings. The molecule has 1 atom stereocenters. The molecular weight excluding hydrogens is 328 g/mol. The predicted octanol–water partition coefficient (Wildman–Crippen LogP) is 3.73. The summed E-state index contributed by atoms with van der Waals surface area (Å²) in [5.41, 5.74) is 5.62. The molecule has 0 bridgehead atoms. The molecule has 1 saturated carbocycles. The Labute approximate surface area is 135 Å².